The van der Waals surface area contributed by atoms with E-state index in [1.165, 1.54) is 6.92 Å². The molecule has 5 heterocycles. The van der Waals surface area contributed by atoms with Crippen molar-refractivity contribution in [1.29, 1.82) is 0 Å². The number of benzene rings is 3. The summed E-state index contributed by atoms with van der Waals surface area (Å²) in [6.45, 7) is 12.3. The van der Waals surface area contributed by atoms with Crippen molar-refractivity contribution in [2.24, 2.45) is 5.92 Å². The van der Waals surface area contributed by atoms with E-state index in [1.807, 2.05) is 68.6 Å². The number of H-pyrrole nitrogens is 1. The number of ether oxygens (including phenoxy) is 3. The van der Waals surface area contributed by atoms with E-state index < -0.39 is 55.7 Å². The first-order chi connectivity index (χ1) is 28.1. The molecule has 2 aromatic heterocycles. The number of nitrogens with zero attached hydrogens (tertiary/aromatic N) is 1. The Labute approximate surface area is 350 Å². The van der Waals surface area contributed by atoms with Crippen LogP contribution >= 0.6 is 15.9 Å². The number of halogens is 1. The number of carbonyl (C=O) groups is 4. The Morgan fingerprint density at radius 1 is 1.07 bits per heavy atom. The summed E-state index contributed by atoms with van der Waals surface area (Å²) < 4.78 is 25.3. The first kappa shape index (κ1) is 40.2. The summed E-state index contributed by atoms with van der Waals surface area (Å²) >= 11 is 3.72. The smallest absolute Gasteiger partial charge is 0.407 e. The highest BCUT2D eigenvalue weighted by Crippen LogP contribution is 2.59. The van der Waals surface area contributed by atoms with Crippen molar-refractivity contribution >= 4 is 64.5 Å². The highest BCUT2D eigenvalue weighted by Gasteiger charge is 2.61. The Morgan fingerprint density at radius 3 is 2.63 bits per heavy atom. The van der Waals surface area contributed by atoms with Crippen LogP contribution in [0.2, 0.25) is 25.7 Å². The van der Waals surface area contributed by atoms with Gasteiger partial charge in [-0.25, -0.2) is 9.78 Å². The highest BCUT2D eigenvalue weighted by molar-refractivity contribution is 9.10. The zero-order valence-corrected chi connectivity index (χ0v) is 36.3. The van der Waals surface area contributed by atoms with Gasteiger partial charge in [0.25, 0.3) is 5.91 Å². The lowest BCUT2D eigenvalue weighted by molar-refractivity contribution is -0.131. The minimum absolute atomic E-state index is 0.0531. The fourth-order valence-electron chi connectivity index (χ4n) is 8.15. The number of aromatic amines is 1. The van der Waals surface area contributed by atoms with Crippen LogP contribution in [0.4, 0.5) is 10.5 Å². The fraction of sp³-hybridized carbons (Fsp3) is 0.372. The van der Waals surface area contributed by atoms with Gasteiger partial charge < -0.3 is 44.9 Å². The molecular weight excluding hydrogens is 836 g/mol. The molecule has 8 rings (SSSR count). The SMILES string of the molecule is CC(=O)Oc1cccc2c(CCNC(=O)c3nc4oc3[C@@]35c6cc(ccc6O[C@H]3Nc3c(Br)cccc35)C[C@H](NC(=O)OCC[Si](C)(C)C)C(=O)N[C@H]4C(C)C)c[nH]c12. The number of esters is 1. The second-order valence-corrected chi connectivity index (χ2v) is 23.3. The van der Waals surface area contributed by atoms with E-state index in [9.17, 15) is 19.2 Å². The van der Waals surface area contributed by atoms with Crippen molar-refractivity contribution in [2.75, 3.05) is 18.5 Å². The summed E-state index contributed by atoms with van der Waals surface area (Å²) in [5.74, 6) is -0.170. The van der Waals surface area contributed by atoms with Crippen LogP contribution in [-0.2, 0) is 32.6 Å². The number of oxazole rings is 1. The molecule has 4 atom stereocenters. The first-order valence-corrected chi connectivity index (χ1v) is 24.3. The van der Waals surface area contributed by atoms with Crippen LogP contribution in [-0.4, -0.2) is 67.3 Å². The molecule has 0 fully saturated rings. The predicted octanol–water partition coefficient (Wildman–Crippen LogP) is 7.10. The molecule has 3 aromatic carbocycles. The van der Waals surface area contributed by atoms with Crippen LogP contribution in [0.5, 0.6) is 11.5 Å². The number of anilines is 1. The lowest BCUT2D eigenvalue weighted by atomic mass is 9.72. The van der Waals surface area contributed by atoms with Crippen molar-refractivity contribution in [3.8, 4) is 11.5 Å². The first-order valence-electron chi connectivity index (χ1n) is 19.8. The maximum absolute atomic E-state index is 14.6. The lowest BCUT2D eigenvalue weighted by Gasteiger charge is -2.28. The Kier molecular flexibility index (Phi) is 10.6. The van der Waals surface area contributed by atoms with E-state index in [2.05, 4.69) is 61.8 Å². The fourth-order valence-corrected chi connectivity index (χ4v) is 9.35. The Balaban J connectivity index is 1.19. The van der Waals surface area contributed by atoms with Gasteiger partial charge in [-0.3, -0.25) is 14.4 Å². The van der Waals surface area contributed by atoms with Gasteiger partial charge in [0.1, 0.15) is 23.2 Å². The number of hydrogen-bond donors (Lipinski definition) is 5. The van der Waals surface area contributed by atoms with Crippen LogP contribution in [0.25, 0.3) is 10.9 Å². The molecule has 3 amide bonds. The van der Waals surface area contributed by atoms with Crippen LogP contribution in [0.15, 0.2) is 69.7 Å². The topological polar surface area (TPSA) is 186 Å². The number of hydrogen-bond acceptors (Lipinski definition) is 10. The molecule has 0 saturated heterocycles. The molecule has 3 aliphatic heterocycles. The quantitative estimate of drug-likeness (QED) is 0.0551. The normalized spacial score (nSPS) is 20.3. The molecule has 3 aliphatic rings. The largest absolute Gasteiger partial charge is 0.469 e. The molecule has 16 heteroatoms. The van der Waals surface area contributed by atoms with Crippen molar-refractivity contribution in [3.05, 3.63) is 105 Å². The molecule has 0 radical (unpaired) electrons. The van der Waals surface area contributed by atoms with Gasteiger partial charge in [-0.05, 0) is 63.6 Å². The number of nitrogens with one attached hydrogen (secondary N) is 5. The third-order valence-corrected chi connectivity index (χ3v) is 13.5. The van der Waals surface area contributed by atoms with Crippen LogP contribution < -0.4 is 30.7 Å². The van der Waals surface area contributed by atoms with Crippen LogP contribution in [0.1, 0.15) is 71.2 Å². The van der Waals surface area contributed by atoms with E-state index in [1.54, 1.807) is 6.07 Å². The summed E-state index contributed by atoms with van der Waals surface area (Å²) in [5.41, 5.74) is 3.55. The monoisotopic (exact) mass is 882 g/mol. The zero-order chi connectivity index (χ0) is 41.8. The highest BCUT2D eigenvalue weighted by atomic mass is 79.9. The molecule has 5 N–H and O–H groups in total. The average Bonchev–Trinajstić information content (AvgIpc) is 3.93. The van der Waals surface area contributed by atoms with Gasteiger partial charge in [0.15, 0.2) is 23.4 Å². The molecule has 4 bridgehead atoms. The summed E-state index contributed by atoms with van der Waals surface area (Å²) in [6, 6.07) is 16.0. The van der Waals surface area contributed by atoms with Gasteiger partial charge in [-0.1, -0.05) is 69.9 Å². The van der Waals surface area contributed by atoms with Crippen molar-refractivity contribution in [3.63, 3.8) is 0 Å². The van der Waals surface area contributed by atoms with E-state index in [4.69, 9.17) is 23.6 Å². The molecule has 0 unspecified atom stereocenters. The Bertz CT molecular complexity index is 2490. The minimum atomic E-state index is -1.47. The van der Waals surface area contributed by atoms with E-state index >= 15 is 0 Å². The minimum Gasteiger partial charge on any atom is -0.469 e. The number of rotatable bonds is 10. The predicted molar refractivity (Wildman–Crippen MR) is 227 cm³/mol. The maximum Gasteiger partial charge on any atom is 0.407 e. The third-order valence-electron chi connectivity index (χ3n) is 11.1. The molecule has 1 spiro atoms. The Morgan fingerprint density at radius 2 is 1.86 bits per heavy atom. The number of para-hydroxylation sites is 2. The van der Waals surface area contributed by atoms with Gasteiger partial charge >= 0.3 is 12.1 Å². The van der Waals surface area contributed by atoms with Gasteiger partial charge in [0, 0.05) is 55.1 Å². The molecule has 59 heavy (non-hydrogen) atoms. The molecule has 0 aliphatic carbocycles. The van der Waals surface area contributed by atoms with E-state index in [0.29, 0.717) is 23.4 Å². The third kappa shape index (κ3) is 7.48. The van der Waals surface area contributed by atoms with Gasteiger partial charge in [0.05, 0.1) is 17.8 Å². The maximum atomic E-state index is 14.6. The number of fused-ring (bicyclic) bond motifs is 5. The van der Waals surface area contributed by atoms with Crippen LogP contribution in [0, 0.1) is 5.92 Å². The summed E-state index contributed by atoms with van der Waals surface area (Å²) in [6.07, 6.45) is 1.05. The summed E-state index contributed by atoms with van der Waals surface area (Å²) in [7, 11) is -1.47. The van der Waals surface area contributed by atoms with E-state index in [0.717, 1.165) is 43.8 Å². The molecule has 0 saturated carbocycles. The van der Waals surface area contributed by atoms with Crippen molar-refractivity contribution in [1.82, 2.24) is 25.9 Å². The van der Waals surface area contributed by atoms with E-state index in [-0.39, 0.29) is 42.8 Å². The lowest BCUT2D eigenvalue weighted by Crippen LogP contribution is -2.50. The molecule has 5 aromatic rings. The van der Waals surface area contributed by atoms with Crippen LogP contribution in [0.3, 0.4) is 0 Å². The molecule has 308 valence electrons. The summed E-state index contributed by atoms with van der Waals surface area (Å²) in [5, 5.41) is 13.4. The molecular formula is C43H47BrN6O8Si. The van der Waals surface area contributed by atoms with Gasteiger partial charge in [0.2, 0.25) is 11.8 Å². The molecule has 14 nitrogen and oxygen atoms in total. The standard InChI is InChI=1S/C43H47BrN6O8Si/c1-22(2)33-40-49-36(39(53)45-16-15-25-21-46-34-26(25)9-7-12-32(34)56-23(3)51)37(58-40)43-27-10-8-11-29(44)35(27)50-41(43)57-31-14-13-24(19-28(31)43)20-30(38(52)48-33)47-42(54)55-17-18-59(4,5)6/h7-14,19,21-22,30,33,41,46,50H,15-18,20H2,1-6H3,(H,45,53)(H,47,54)(H,48,52)/t30-,33-,41+,43+/m0/s1. The number of carbonyl (C=O) groups excluding carboxylic acids is 4. The second-order valence-electron chi connectivity index (χ2n) is 16.8. The number of amides is 3. The average molecular weight is 884 g/mol. The van der Waals surface area contributed by atoms with Crippen molar-refractivity contribution < 1.29 is 37.8 Å². The number of aromatic nitrogens is 2. The van der Waals surface area contributed by atoms with Gasteiger partial charge in [-0.2, -0.15) is 0 Å². The van der Waals surface area contributed by atoms with Gasteiger partial charge in [-0.15, -0.1) is 0 Å². The Hall–Kier alpha value is -5.61. The zero-order valence-electron chi connectivity index (χ0n) is 33.7. The van der Waals surface area contributed by atoms with Crippen molar-refractivity contribution in [2.45, 2.75) is 83.0 Å². The summed E-state index contributed by atoms with van der Waals surface area (Å²) in [4.78, 5) is 61.8. The number of alkyl carbamates (subject to hydrolysis) is 1. The second kappa shape index (κ2) is 15.5.